The molecule has 0 aliphatic rings. The summed E-state index contributed by atoms with van der Waals surface area (Å²) in [6, 6.07) is 0. The third kappa shape index (κ3) is 13.6. The molecule has 0 fully saturated rings. The SMILES string of the molecule is OCCOCCOCCO.[Au]. The molecule has 0 aromatic heterocycles. The van der Waals surface area contributed by atoms with E-state index < -0.39 is 0 Å². The maximum absolute atomic E-state index is 8.26. The van der Waals surface area contributed by atoms with Gasteiger partial charge < -0.3 is 19.7 Å². The van der Waals surface area contributed by atoms with Gasteiger partial charge in [0.1, 0.15) is 0 Å². The molecule has 2 N–H and O–H groups in total. The van der Waals surface area contributed by atoms with Crippen LogP contribution in [0.1, 0.15) is 0 Å². The predicted molar refractivity (Wildman–Crippen MR) is 35.8 cm³/mol. The Bertz CT molecular complexity index is 54.5. The first kappa shape index (κ1) is 14.1. The van der Waals surface area contributed by atoms with Gasteiger partial charge >= 0.3 is 0 Å². The quantitative estimate of drug-likeness (QED) is 0.458. The molecule has 5 heteroatoms. The fourth-order valence-corrected chi connectivity index (χ4v) is 0.451. The van der Waals surface area contributed by atoms with Crippen LogP contribution in [0.25, 0.3) is 0 Å². The second-order valence-corrected chi connectivity index (χ2v) is 1.67. The summed E-state index contributed by atoms with van der Waals surface area (Å²) in [6.45, 7) is 1.73. The minimum atomic E-state index is 0. The molecule has 0 saturated carbocycles. The van der Waals surface area contributed by atoms with Gasteiger partial charge in [-0.2, -0.15) is 0 Å². The molecule has 0 spiro atoms. The molecule has 11 heavy (non-hydrogen) atoms. The van der Waals surface area contributed by atoms with Gasteiger partial charge in [0, 0.05) is 22.4 Å². The molecule has 0 heterocycles. The molecule has 0 saturated heterocycles. The first-order chi connectivity index (χ1) is 4.91. The molecule has 0 aliphatic carbocycles. The molecular weight excluding hydrogens is 333 g/mol. The zero-order valence-corrected chi connectivity index (χ0v) is 8.42. The van der Waals surface area contributed by atoms with E-state index in [1.807, 2.05) is 0 Å². The van der Waals surface area contributed by atoms with Gasteiger partial charge in [0.25, 0.3) is 0 Å². The van der Waals surface area contributed by atoms with Crippen molar-refractivity contribution in [2.75, 3.05) is 39.6 Å². The van der Waals surface area contributed by atoms with Crippen LogP contribution < -0.4 is 0 Å². The maximum Gasteiger partial charge on any atom is 0.0701 e. The van der Waals surface area contributed by atoms with Crippen LogP contribution >= 0.6 is 0 Å². The average Bonchev–Trinajstić information content (AvgIpc) is 1.97. The molecular formula is C6H14AuO4. The van der Waals surface area contributed by atoms with Crippen molar-refractivity contribution < 1.29 is 42.1 Å². The molecule has 0 rings (SSSR count). The van der Waals surface area contributed by atoms with Gasteiger partial charge in [-0.15, -0.1) is 0 Å². The molecule has 0 aromatic rings. The Morgan fingerprint density at radius 3 is 1.36 bits per heavy atom. The van der Waals surface area contributed by atoms with E-state index >= 15 is 0 Å². The summed E-state index contributed by atoms with van der Waals surface area (Å²) >= 11 is 0. The van der Waals surface area contributed by atoms with Crippen molar-refractivity contribution in [1.82, 2.24) is 0 Å². The first-order valence-electron chi connectivity index (χ1n) is 3.29. The summed E-state index contributed by atoms with van der Waals surface area (Å²) in [5.41, 5.74) is 0. The summed E-state index contributed by atoms with van der Waals surface area (Å²) < 4.78 is 9.75. The van der Waals surface area contributed by atoms with Crippen molar-refractivity contribution >= 4 is 0 Å². The molecule has 0 unspecified atom stereocenters. The van der Waals surface area contributed by atoms with Crippen LogP contribution in [0.2, 0.25) is 0 Å². The van der Waals surface area contributed by atoms with Crippen LogP contribution in [0.3, 0.4) is 0 Å². The Labute approximate surface area is 82.0 Å². The van der Waals surface area contributed by atoms with Crippen molar-refractivity contribution in [3.05, 3.63) is 0 Å². The molecule has 0 aromatic carbocycles. The van der Waals surface area contributed by atoms with Gasteiger partial charge in [0.15, 0.2) is 0 Å². The summed E-state index contributed by atoms with van der Waals surface area (Å²) in [7, 11) is 0. The van der Waals surface area contributed by atoms with Gasteiger partial charge in [0.05, 0.1) is 39.6 Å². The van der Waals surface area contributed by atoms with E-state index in [2.05, 4.69) is 0 Å². The standard InChI is InChI=1S/C6H14O4.Au/c7-1-3-9-5-6-10-4-2-8;/h7-8H,1-6H2;. The molecule has 0 amide bonds. The van der Waals surface area contributed by atoms with Crippen molar-refractivity contribution in [3.63, 3.8) is 0 Å². The molecule has 4 nitrogen and oxygen atoms in total. The maximum atomic E-state index is 8.26. The summed E-state index contributed by atoms with van der Waals surface area (Å²) in [6.07, 6.45) is 0. The zero-order valence-electron chi connectivity index (χ0n) is 6.26. The Hall–Kier alpha value is 0.580. The van der Waals surface area contributed by atoms with Gasteiger partial charge in [-0.1, -0.05) is 0 Å². The summed E-state index contributed by atoms with van der Waals surface area (Å²) in [4.78, 5) is 0. The number of hydrogen-bond donors (Lipinski definition) is 2. The average molecular weight is 347 g/mol. The number of hydrogen-bond acceptors (Lipinski definition) is 4. The molecule has 1 radical (unpaired) electrons. The Morgan fingerprint density at radius 2 is 1.09 bits per heavy atom. The summed E-state index contributed by atoms with van der Waals surface area (Å²) in [5.74, 6) is 0. The minimum absolute atomic E-state index is 0. The van der Waals surface area contributed by atoms with Crippen molar-refractivity contribution in [2.45, 2.75) is 0 Å². The normalized spacial score (nSPS) is 9.27. The van der Waals surface area contributed by atoms with Crippen LogP contribution in [-0.2, 0) is 31.9 Å². The number of aliphatic hydroxyl groups is 2. The van der Waals surface area contributed by atoms with E-state index in [1.165, 1.54) is 0 Å². The van der Waals surface area contributed by atoms with Crippen LogP contribution in [0.15, 0.2) is 0 Å². The first-order valence-corrected chi connectivity index (χ1v) is 3.29. The van der Waals surface area contributed by atoms with Crippen molar-refractivity contribution in [3.8, 4) is 0 Å². The van der Waals surface area contributed by atoms with E-state index in [-0.39, 0.29) is 35.6 Å². The fraction of sp³-hybridized carbons (Fsp3) is 1.00. The van der Waals surface area contributed by atoms with Crippen LogP contribution in [0, 0.1) is 0 Å². The van der Waals surface area contributed by atoms with E-state index in [1.54, 1.807) is 0 Å². The largest absolute Gasteiger partial charge is 0.394 e. The van der Waals surface area contributed by atoms with E-state index in [4.69, 9.17) is 19.7 Å². The van der Waals surface area contributed by atoms with Crippen LogP contribution in [0.5, 0.6) is 0 Å². The third-order valence-electron chi connectivity index (χ3n) is 0.843. The van der Waals surface area contributed by atoms with Crippen molar-refractivity contribution in [1.29, 1.82) is 0 Å². The summed E-state index contributed by atoms with van der Waals surface area (Å²) in [5, 5.41) is 16.5. The minimum Gasteiger partial charge on any atom is -0.394 e. The molecule has 0 bridgehead atoms. The van der Waals surface area contributed by atoms with Gasteiger partial charge in [-0.3, -0.25) is 0 Å². The second kappa shape index (κ2) is 13.2. The topological polar surface area (TPSA) is 58.9 Å². The number of rotatable bonds is 7. The molecule has 0 atom stereocenters. The number of aliphatic hydroxyl groups excluding tert-OH is 2. The van der Waals surface area contributed by atoms with Crippen molar-refractivity contribution in [2.24, 2.45) is 0 Å². The van der Waals surface area contributed by atoms with E-state index in [9.17, 15) is 0 Å². The number of ether oxygens (including phenoxy) is 2. The second-order valence-electron chi connectivity index (χ2n) is 1.67. The van der Waals surface area contributed by atoms with Gasteiger partial charge in [0.2, 0.25) is 0 Å². The smallest absolute Gasteiger partial charge is 0.0701 e. The Morgan fingerprint density at radius 1 is 0.727 bits per heavy atom. The monoisotopic (exact) mass is 347 g/mol. The van der Waals surface area contributed by atoms with E-state index in [0.717, 1.165) is 0 Å². The van der Waals surface area contributed by atoms with Gasteiger partial charge in [-0.05, 0) is 0 Å². The molecule has 73 valence electrons. The van der Waals surface area contributed by atoms with Gasteiger partial charge in [-0.25, -0.2) is 0 Å². The van der Waals surface area contributed by atoms with E-state index in [0.29, 0.717) is 26.4 Å². The predicted octanol–water partition coefficient (Wildman–Crippen LogP) is -0.998. The Balaban J connectivity index is 0. The Kier molecular flexibility index (Phi) is 16.9. The zero-order chi connectivity index (χ0) is 7.66. The van der Waals surface area contributed by atoms with Crippen LogP contribution in [-0.4, -0.2) is 49.9 Å². The fourth-order valence-electron chi connectivity index (χ4n) is 0.451. The molecule has 0 aliphatic heterocycles. The van der Waals surface area contributed by atoms with Crippen LogP contribution in [0.4, 0.5) is 0 Å². The third-order valence-corrected chi connectivity index (χ3v) is 0.843.